The quantitative estimate of drug-likeness (QED) is 0.338. The SMILES string of the molecule is CCCCCCCCCCCCCCc1ccc(OC)cc1. The van der Waals surface area contributed by atoms with Gasteiger partial charge in [-0.1, -0.05) is 89.7 Å². The fourth-order valence-corrected chi connectivity index (χ4v) is 2.96. The van der Waals surface area contributed by atoms with E-state index in [2.05, 4.69) is 31.2 Å². The van der Waals surface area contributed by atoms with E-state index in [1.165, 1.54) is 89.0 Å². The number of benzene rings is 1. The lowest BCUT2D eigenvalue weighted by Gasteiger charge is -2.04. The molecule has 1 rings (SSSR count). The van der Waals surface area contributed by atoms with Crippen LogP contribution in [0.3, 0.4) is 0 Å². The summed E-state index contributed by atoms with van der Waals surface area (Å²) in [7, 11) is 1.72. The molecule has 0 atom stereocenters. The van der Waals surface area contributed by atoms with Gasteiger partial charge in [-0.2, -0.15) is 0 Å². The van der Waals surface area contributed by atoms with E-state index in [1.807, 2.05) is 0 Å². The molecule has 22 heavy (non-hydrogen) atoms. The van der Waals surface area contributed by atoms with Gasteiger partial charge in [0.15, 0.2) is 0 Å². The minimum Gasteiger partial charge on any atom is -0.497 e. The number of rotatable bonds is 14. The molecule has 0 radical (unpaired) electrons. The molecule has 0 aliphatic heterocycles. The van der Waals surface area contributed by atoms with E-state index in [9.17, 15) is 0 Å². The molecule has 0 aliphatic carbocycles. The van der Waals surface area contributed by atoms with Crippen molar-refractivity contribution in [3.05, 3.63) is 29.8 Å². The number of unbranched alkanes of at least 4 members (excludes halogenated alkanes) is 11. The first kappa shape index (κ1) is 19.1. The van der Waals surface area contributed by atoms with Crippen LogP contribution in [0.5, 0.6) is 5.75 Å². The highest BCUT2D eigenvalue weighted by Gasteiger charge is 1.96. The van der Waals surface area contributed by atoms with E-state index in [0.29, 0.717) is 0 Å². The summed E-state index contributed by atoms with van der Waals surface area (Å²) in [5, 5.41) is 0. The van der Waals surface area contributed by atoms with Crippen LogP contribution in [0.15, 0.2) is 24.3 Å². The van der Waals surface area contributed by atoms with Gasteiger partial charge in [-0.3, -0.25) is 0 Å². The molecule has 0 heterocycles. The number of hydrogen-bond donors (Lipinski definition) is 0. The van der Waals surface area contributed by atoms with Crippen LogP contribution in [0, 0.1) is 0 Å². The lowest BCUT2D eigenvalue weighted by Crippen LogP contribution is -1.88. The van der Waals surface area contributed by atoms with Crippen LogP contribution < -0.4 is 4.74 Å². The molecule has 0 aliphatic rings. The van der Waals surface area contributed by atoms with Crippen molar-refractivity contribution < 1.29 is 4.74 Å². The van der Waals surface area contributed by atoms with E-state index in [4.69, 9.17) is 4.74 Å². The van der Waals surface area contributed by atoms with Gasteiger partial charge in [0.2, 0.25) is 0 Å². The van der Waals surface area contributed by atoms with Gasteiger partial charge in [0.05, 0.1) is 7.11 Å². The molecule has 0 saturated heterocycles. The number of aryl methyl sites for hydroxylation is 1. The molecule has 1 aromatic carbocycles. The smallest absolute Gasteiger partial charge is 0.118 e. The van der Waals surface area contributed by atoms with Gasteiger partial charge in [-0.05, 0) is 30.5 Å². The molecule has 1 heteroatoms. The van der Waals surface area contributed by atoms with Crippen molar-refractivity contribution in [2.45, 2.75) is 90.4 Å². The highest BCUT2D eigenvalue weighted by molar-refractivity contribution is 5.27. The molecular formula is C21H36O. The molecule has 0 saturated carbocycles. The Balaban J connectivity index is 1.85. The molecule has 0 amide bonds. The topological polar surface area (TPSA) is 9.23 Å². The summed E-state index contributed by atoms with van der Waals surface area (Å²) in [6, 6.07) is 8.51. The Morgan fingerprint density at radius 1 is 0.636 bits per heavy atom. The first-order chi connectivity index (χ1) is 10.9. The molecule has 0 fully saturated rings. The van der Waals surface area contributed by atoms with Crippen LogP contribution in [-0.2, 0) is 6.42 Å². The van der Waals surface area contributed by atoms with Crippen LogP contribution in [-0.4, -0.2) is 7.11 Å². The van der Waals surface area contributed by atoms with E-state index in [1.54, 1.807) is 7.11 Å². The predicted octanol–water partition coefficient (Wildman–Crippen LogP) is 6.94. The number of ether oxygens (including phenoxy) is 1. The maximum atomic E-state index is 5.19. The summed E-state index contributed by atoms with van der Waals surface area (Å²) >= 11 is 0. The molecule has 126 valence electrons. The summed E-state index contributed by atoms with van der Waals surface area (Å²) in [6.07, 6.45) is 18.2. The molecule has 0 aromatic heterocycles. The molecular weight excluding hydrogens is 268 g/mol. The van der Waals surface area contributed by atoms with Gasteiger partial charge in [0.25, 0.3) is 0 Å². The summed E-state index contributed by atoms with van der Waals surface area (Å²) in [5.41, 5.74) is 1.44. The van der Waals surface area contributed by atoms with Gasteiger partial charge < -0.3 is 4.74 Å². The van der Waals surface area contributed by atoms with Crippen molar-refractivity contribution in [3.8, 4) is 5.75 Å². The Labute approximate surface area is 138 Å². The Morgan fingerprint density at radius 3 is 1.55 bits per heavy atom. The fourth-order valence-electron chi connectivity index (χ4n) is 2.96. The zero-order chi connectivity index (χ0) is 15.9. The van der Waals surface area contributed by atoms with Crippen molar-refractivity contribution >= 4 is 0 Å². The average molecular weight is 305 g/mol. The average Bonchev–Trinajstić information content (AvgIpc) is 2.56. The second-order valence-electron chi connectivity index (χ2n) is 6.49. The van der Waals surface area contributed by atoms with Gasteiger partial charge in [-0.25, -0.2) is 0 Å². The van der Waals surface area contributed by atoms with Gasteiger partial charge in [-0.15, -0.1) is 0 Å². The molecule has 1 nitrogen and oxygen atoms in total. The highest BCUT2D eigenvalue weighted by atomic mass is 16.5. The van der Waals surface area contributed by atoms with Crippen LogP contribution in [0.2, 0.25) is 0 Å². The molecule has 1 aromatic rings. The van der Waals surface area contributed by atoms with Crippen molar-refractivity contribution in [3.63, 3.8) is 0 Å². The molecule has 0 unspecified atom stereocenters. The summed E-state index contributed by atoms with van der Waals surface area (Å²) in [4.78, 5) is 0. The van der Waals surface area contributed by atoms with Crippen molar-refractivity contribution in [2.75, 3.05) is 7.11 Å². The van der Waals surface area contributed by atoms with Crippen LogP contribution in [0.1, 0.15) is 89.5 Å². The molecule has 0 bridgehead atoms. The zero-order valence-corrected chi connectivity index (χ0v) is 14.9. The van der Waals surface area contributed by atoms with Crippen LogP contribution >= 0.6 is 0 Å². The maximum Gasteiger partial charge on any atom is 0.118 e. The summed E-state index contributed by atoms with van der Waals surface area (Å²) in [5.74, 6) is 0.957. The first-order valence-electron chi connectivity index (χ1n) is 9.49. The second kappa shape index (κ2) is 13.7. The third kappa shape index (κ3) is 9.87. The third-order valence-electron chi connectivity index (χ3n) is 4.48. The van der Waals surface area contributed by atoms with E-state index >= 15 is 0 Å². The first-order valence-corrected chi connectivity index (χ1v) is 9.49. The molecule has 0 spiro atoms. The third-order valence-corrected chi connectivity index (χ3v) is 4.48. The second-order valence-corrected chi connectivity index (χ2v) is 6.49. The van der Waals surface area contributed by atoms with E-state index in [0.717, 1.165) is 5.75 Å². The molecule has 0 N–H and O–H groups in total. The Morgan fingerprint density at radius 2 is 1.09 bits per heavy atom. The zero-order valence-electron chi connectivity index (χ0n) is 14.9. The minimum absolute atomic E-state index is 0.957. The Kier molecular flexibility index (Phi) is 11.8. The predicted molar refractivity (Wildman–Crippen MR) is 97.8 cm³/mol. The van der Waals surface area contributed by atoms with E-state index in [-0.39, 0.29) is 0 Å². The van der Waals surface area contributed by atoms with Crippen molar-refractivity contribution in [2.24, 2.45) is 0 Å². The highest BCUT2D eigenvalue weighted by Crippen LogP contribution is 2.15. The lowest BCUT2D eigenvalue weighted by molar-refractivity contribution is 0.414. The number of hydrogen-bond acceptors (Lipinski definition) is 1. The van der Waals surface area contributed by atoms with Gasteiger partial charge >= 0.3 is 0 Å². The lowest BCUT2D eigenvalue weighted by atomic mass is 10.0. The normalized spacial score (nSPS) is 10.8. The standard InChI is InChI=1S/C21H36O/c1-3-4-5-6-7-8-9-10-11-12-13-14-15-20-16-18-21(22-2)19-17-20/h16-19H,3-15H2,1-2H3. The largest absolute Gasteiger partial charge is 0.497 e. The van der Waals surface area contributed by atoms with Gasteiger partial charge in [0.1, 0.15) is 5.75 Å². The summed E-state index contributed by atoms with van der Waals surface area (Å²) < 4.78 is 5.19. The Hall–Kier alpha value is -0.980. The maximum absolute atomic E-state index is 5.19. The monoisotopic (exact) mass is 304 g/mol. The van der Waals surface area contributed by atoms with Crippen LogP contribution in [0.25, 0.3) is 0 Å². The summed E-state index contributed by atoms with van der Waals surface area (Å²) in [6.45, 7) is 2.29. The van der Waals surface area contributed by atoms with Crippen molar-refractivity contribution in [1.29, 1.82) is 0 Å². The number of methoxy groups -OCH3 is 1. The fraction of sp³-hybridized carbons (Fsp3) is 0.714. The van der Waals surface area contributed by atoms with Gasteiger partial charge in [0, 0.05) is 0 Å². The van der Waals surface area contributed by atoms with Crippen LogP contribution in [0.4, 0.5) is 0 Å². The Bertz CT molecular complexity index is 341. The minimum atomic E-state index is 0.957. The van der Waals surface area contributed by atoms with E-state index < -0.39 is 0 Å². The van der Waals surface area contributed by atoms with Crippen molar-refractivity contribution in [1.82, 2.24) is 0 Å².